The van der Waals surface area contributed by atoms with Crippen molar-refractivity contribution in [1.82, 2.24) is 10.2 Å². The number of H-pyrrole nitrogens is 1. The van der Waals surface area contributed by atoms with E-state index in [1.165, 1.54) is 28.8 Å². The zero-order valence-electron chi connectivity index (χ0n) is 24.7. The first-order valence-corrected chi connectivity index (χ1v) is 14.6. The molecule has 218 valence electrons. The Hall–Kier alpha value is -3.91. The molecule has 8 nitrogen and oxygen atoms in total. The van der Waals surface area contributed by atoms with Gasteiger partial charge in [-0.3, -0.25) is 10.1 Å². The lowest BCUT2D eigenvalue weighted by Gasteiger charge is -2.24. The topological polar surface area (TPSA) is 118 Å². The fraction of sp³-hybridized carbons (Fsp3) is 0.400. The molecular weight excluding hydrogens is 542 g/mol. The highest BCUT2D eigenvalue weighted by atomic mass is 32.2. The first-order chi connectivity index (χ1) is 19.6. The van der Waals surface area contributed by atoms with Crippen LogP contribution in [0.1, 0.15) is 52.1 Å². The van der Waals surface area contributed by atoms with Crippen LogP contribution < -0.4 is 16.0 Å². The van der Waals surface area contributed by atoms with Crippen molar-refractivity contribution in [2.45, 2.75) is 58.3 Å². The van der Waals surface area contributed by atoms with E-state index in [-0.39, 0.29) is 18.0 Å². The minimum absolute atomic E-state index is 0.0384. The molecule has 0 amide bonds. The molecule has 1 aliphatic rings. The summed E-state index contributed by atoms with van der Waals surface area (Å²) in [5.41, 5.74) is 11.0. The SMILES string of the molecule is CC/C(C)=C(C(\C=NC)=C(\N)CC#N)/C(=C(\N=C(/C)N(C)c1c(F)cc(SC)cc1F)Nc1cc(C)[nH]n1)C1CC1. The molecule has 2 aromatic rings. The fourth-order valence-corrected chi connectivity index (χ4v) is 4.87. The van der Waals surface area contributed by atoms with E-state index < -0.39 is 11.6 Å². The maximum absolute atomic E-state index is 15.1. The van der Waals surface area contributed by atoms with E-state index >= 15 is 8.78 Å². The predicted octanol–water partition coefficient (Wildman–Crippen LogP) is 6.86. The van der Waals surface area contributed by atoms with Crippen molar-refractivity contribution in [3.63, 3.8) is 0 Å². The minimum Gasteiger partial charge on any atom is -0.401 e. The third-order valence-electron chi connectivity index (χ3n) is 6.88. The maximum atomic E-state index is 15.1. The average Bonchev–Trinajstić information content (AvgIpc) is 3.69. The molecule has 1 aromatic heterocycles. The number of thioether (sulfide) groups is 1. The fourth-order valence-electron chi connectivity index (χ4n) is 4.43. The predicted molar refractivity (Wildman–Crippen MR) is 165 cm³/mol. The highest BCUT2D eigenvalue weighted by Gasteiger charge is 2.34. The van der Waals surface area contributed by atoms with Gasteiger partial charge in [0.15, 0.2) is 17.5 Å². The Morgan fingerprint density at radius 3 is 2.44 bits per heavy atom. The van der Waals surface area contributed by atoms with Gasteiger partial charge in [0.1, 0.15) is 17.3 Å². The zero-order chi connectivity index (χ0) is 30.3. The highest BCUT2D eigenvalue weighted by Crippen LogP contribution is 2.45. The van der Waals surface area contributed by atoms with Crippen LogP contribution >= 0.6 is 11.8 Å². The van der Waals surface area contributed by atoms with Gasteiger partial charge in [-0.1, -0.05) is 12.5 Å². The number of rotatable bonds is 11. The van der Waals surface area contributed by atoms with Crippen LogP contribution in [0.4, 0.5) is 20.3 Å². The van der Waals surface area contributed by atoms with E-state index in [4.69, 9.17) is 10.7 Å². The summed E-state index contributed by atoms with van der Waals surface area (Å²) in [6, 6.07) is 6.62. The van der Waals surface area contributed by atoms with Gasteiger partial charge >= 0.3 is 0 Å². The second kappa shape index (κ2) is 14.1. The molecule has 1 saturated carbocycles. The summed E-state index contributed by atoms with van der Waals surface area (Å²) >= 11 is 1.27. The summed E-state index contributed by atoms with van der Waals surface area (Å²) in [5, 5.41) is 20.1. The quantitative estimate of drug-likeness (QED) is 0.116. The number of nitrogens with zero attached hydrogens (tertiary/aromatic N) is 5. The van der Waals surface area contributed by atoms with Crippen LogP contribution in [-0.4, -0.2) is 42.6 Å². The molecular formula is C30H38F2N8S. The van der Waals surface area contributed by atoms with Crippen LogP contribution in [0.25, 0.3) is 0 Å². The molecule has 0 saturated heterocycles. The van der Waals surface area contributed by atoms with Crippen molar-refractivity contribution in [3.8, 4) is 6.07 Å². The van der Waals surface area contributed by atoms with Crippen molar-refractivity contribution in [1.29, 1.82) is 5.26 Å². The van der Waals surface area contributed by atoms with Gasteiger partial charge in [-0.25, -0.2) is 13.8 Å². The molecule has 0 aliphatic heterocycles. The zero-order valence-corrected chi connectivity index (χ0v) is 25.5. The van der Waals surface area contributed by atoms with E-state index in [9.17, 15) is 5.26 Å². The van der Waals surface area contributed by atoms with Crippen LogP contribution in [0.5, 0.6) is 0 Å². The lowest BCUT2D eigenvalue weighted by molar-refractivity contribution is 0.579. The minimum atomic E-state index is -0.675. The summed E-state index contributed by atoms with van der Waals surface area (Å²) in [5.74, 6) is 0.197. The molecule has 0 radical (unpaired) electrons. The van der Waals surface area contributed by atoms with Crippen molar-refractivity contribution in [2.75, 3.05) is 30.6 Å². The number of nitrogens with one attached hydrogen (secondary N) is 2. The van der Waals surface area contributed by atoms with Gasteiger partial charge in [0.05, 0.1) is 12.5 Å². The molecule has 3 rings (SSSR count). The lowest BCUT2D eigenvalue weighted by Crippen LogP contribution is -2.26. The number of anilines is 2. The summed E-state index contributed by atoms with van der Waals surface area (Å²) < 4.78 is 30.1. The van der Waals surface area contributed by atoms with Crippen LogP contribution in [-0.2, 0) is 0 Å². The number of benzene rings is 1. The van der Waals surface area contributed by atoms with Gasteiger partial charge in [0.25, 0.3) is 0 Å². The smallest absolute Gasteiger partial charge is 0.153 e. The Morgan fingerprint density at radius 1 is 1.29 bits per heavy atom. The van der Waals surface area contributed by atoms with Crippen molar-refractivity contribution in [3.05, 3.63) is 69.3 Å². The first-order valence-electron chi connectivity index (χ1n) is 13.4. The standard InChI is InChI=1S/C30H38F2N8S/c1-8-17(2)27(22(16-35-5)25(34)11-12-33)28(20-9-10-20)30(37-26-13-18(3)38-39-26)36-19(4)40(6)29-23(31)14-21(41-7)15-24(29)32/h13-16,20H,8-11,34H2,1-7H3,(H2,37,38,39)/b25-22+,27-17+,30-28+,35-16?,36-19+. The van der Waals surface area contributed by atoms with Gasteiger partial charge in [-0.15, -0.1) is 11.8 Å². The number of nitrogens with two attached hydrogens (primary N) is 1. The molecule has 1 heterocycles. The molecule has 0 unspecified atom stereocenters. The summed E-state index contributed by atoms with van der Waals surface area (Å²) in [4.78, 5) is 11.1. The summed E-state index contributed by atoms with van der Waals surface area (Å²) in [6.07, 6.45) is 6.07. The number of aromatic amines is 1. The second-order valence-electron chi connectivity index (χ2n) is 9.93. The number of amidine groups is 1. The lowest BCUT2D eigenvalue weighted by atomic mass is 9.88. The molecule has 0 atom stereocenters. The molecule has 0 spiro atoms. The van der Waals surface area contributed by atoms with E-state index in [1.54, 1.807) is 33.5 Å². The number of aliphatic imine (C=N–C) groups is 2. The van der Waals surface area contributed by atoms with Gasteiger partial charge in [0.2, 0.25) is 0 Å². The van der Waals surface area contributed by atoms with Crippen molar-refractivity contribution in [2.24, 2.45) is 21.6 Å². The number of aryl methyl sites for hydroxylation is 1. The first kappa shape index (κ1) is 31.6. The van der Waals surface area contributed by atoms with Crippen molar-refractivity contribution < 1.29 is 8.78 Å². The highest BCUT2D eigenvalue weighted by molar-refractivity contribution is 7.98. The summed E-state index contributed by atoms with van der Waals surface area (Å²) in [6.45, 7) is 7.67. The van der Waals surface area contributed by atoms with Gasteiger partial charge < -0.3 is 16.0 Å². The summed E-state index contributed by atoms with van der Waals surface area (Å²) in [7, 11) is 3.24. The normalized spacial score (nSPS) is 15.8. The number of hydrogen-bond donors (Lipinski definition) is 3. The van der Waals surface area contributed by atoms with Crippen molar-refractivity contribution >= 4 is 35.3 Å². The Kier molecular flexibility index (Phi) is 10.9. The molecule has 1 fully saturated rings. The monoisotopic (exact) mass is 580 g/mol. The number of allylic oxidation sites excluding steroid dienone is 5. The Labute approximate surface area is 245 Å². The largest absolute Gasteiger partial charge is 0.401 e. The van der Waals surface area contributed by atoms with E-state index in [0.717, 1.165) is 41.7 Å². The van der Waals surface area contributed by atoms with Crippen LogP contribution in [0.15, 0.2) is 66.9 Å². The van der Waals surface area contributed by atoms with Gasteiger partial charge in [-0.2, -0.15) is 10.4 Å². The Bertz CT molecular complexity index is 1450. The second-order valence-corrected chi connectivity index (χ2v) is 10.8. The molecule has 1 aromatic carbocycles. The Morgan fingerprint density at radius 2 is 1.95 bits per heavy atom. The van der Waals surface area contributed by atoms with E-state index in [2.05, 4.69) is 33.5 Å². The molecule has 41 heavy (non-hydrogen) atoms. The van der Waals surface area contributed by atoms with E-state index in [0.29, 0.717) is 33.6 Å². The molecule has 11 heteroatoms. The third kappa shape index (κ3) is 7.64. The van der Waals surface area contributed by atoms with Crippen LogP contribution in [0.3, 0.4) is 0 Å². The maximum Gasteiger partial charge on any atom is 0.153 e. The number of nitriles is 1. The van der Waals surface area contributed by atoms with E-state index in [1.807, 2.05) is 19.9 Å². The number of hydrogen-bond acceptors (Lipinski definition) is 7. The number of aromatic nitrogens is 2. The molecule has 4 N–H and O–H groups in total. The molecule has 0 bridgehead atoms. The average molecular weight is 581 g/mol. The van der Waals surface area contributed by atoms with Gasteiger partial charge in [0, 0.05) is 53.8 Å². The van der Waals surface area contributed by atoms with Gasteiger partial charge in [-0.05, 0) is 69.9 Å². The number of halogens is 2. The Balaban J connectivity index is 2.32. The van der Waals surface area contributed by atoms with Crippen LogP contribution in [0.2, 0.25) is 0 Å². The molecule has 1 aliphatic carbocycles. The third-order valence-corrected chi connectivity index (χ3v) is 7.59. The van der Waals surface area contributed by atoms with Crippen LogP contribution in [0, 0.1) is 35.8 Å².